The Hall–Kier alpha value is -3.22. The van der Waals surface area contributed by atoms with Crippen molar-refractivity contribution in [2.24, 2.45) is 5.92 Å². The molecule has 1 aliphatic carbocycles. The lowest BCUT2D eigenvalue weighted by molar-refractivity contribution is -0.127. The van der Waals surface area contributed by atoms with E-state index in [-0.39, 0.29) is 30.1 Å². The minimum atomic E-state index is -0.301. The molecule has 4 rings (SSSR count). The lowest BCUT2D eigenvalue weighted by Crippen LogP contribution is -2.36. The van der Waals surface area contributed by atoms with Crippen molar-refractivity contribution in [3.63, 3.8) is 0 Å². The third-order valence-electron chi connectivity index (χ3n) is 5.03. The quantitative estimate of drug-likeness (QED) is 0.632. The Balaban J connectivity index is 1.40. The molecule has 1 heterocycles. The van der Waals surface area contributed by atoms with Crippen molar-refractivity contribution >= 4 is 28.5 Å². The van der Waals surface area contributed by atoms with Crippen molar-refractivity contribution in [2.75, 3.05) is 11.9 Å². The van der Waals surface area contributed by atoms with E-state index in [0.29, 0.717) is 11.5 Å². The standard InChI is InChI=1S/C21H21FN4O2/c22-15-7-5-13(6-8-15)20-25-17-10-9-16(11-18(17)26-20)24-19(27)12-23-21(28)14-3-1-2-4-14/h5-11,14H,1-4,12H2,(H,23,28)(H,24,27)(H,25,26). The van der Waals surface area contributed by atoms with Crippen LogP contribution in [0.25, 0.3) is 22.4 Å². The fourth-order valence-corrected chi connectivity index (χ4v) is 3.54. The van der Waals surface area contributed by atoms with Gasteiger partial charge in [-0.2, -0.15) is 0 Å². The van der Waals surface area contributed by atoms with E-state index in [1.165, 1.54) is 12.1 Å². The first kappa shape index (κ1) is 18.2. The molecule has 144 valence electrons. The van der Waals surface area contributed by atoms with Crippen LogP contribution >= 0.6 is 0 Å². The van der Waals surface area contributed by atoms with Crippen LogP contribution in [0.1, 0.15) is 25.7 Å². The lowest BCUT2D eigenvalue weighted by atomic mass is 10.1. The van der Waals surface area contributed by atoms with Gasteiger partial charge in [-0.1, -0.05) is 12.8 Å². The highest BCUT2D eigenvalue weighted by Gasteiger charge is 2.22. The molecule has 0 aliphatic heterocycles. The van der Waals surface area contributed by atoms with Crippen molar-refractivity contribution < 1.29 is 14.0 Å². The Bertz CT molecular complexity index is 1010. The SMILES string of the molecule is O=C(CNC(=O)C1CCCC1)Nc1ccc2nc(-c3ccc(F)cc3)[nH]c2c1. The van der Waals surface area contributed by atoms with Gasteiger partial charge < -0.3 is 15.6 Å². The molecule has 6 nitrogen and oxygen atoms in total. The summed E-state index contributed by atoms with van der Waals surface area (Å²) in [4.78, 5) is 31.8. The zero-order valence-electron chi connectivity index (χ0n) is 15.3. The van der Waals surface area contributed by atoms with Gasteiger partial charge in [0.2, 0.25) is 11.8 Å². The molecular formula is C21H21FN4O2. The largest absolute Gasteiger partial charge is 0.347 e. The van der Waals surface area contributed by atoms with Gasteiger partial charge in [-0.25, -0.2) is 9.37 Å². The van der Waals surface area contributed by atoms with E-state index >= 15 is 0 Å². The van der Waals surface area contributed by atoms with Gasteiger partial charge in [0.15, 0.2) is 0 Å². The second-order valence-corrected chi connectivity index (χ2v) is 7.07. The summed E-state index contributed by atoms with van der Waals surface area (Å²) < 4.78 is 13.1. The number of nitrogens with zero attached hydrogens (tertiary/aromatic N) is 1. The summed E-state index contributed by atoms with van der Waals surface area (Å²) in [5, 5.41) is 5.50. The van der Waals surface area contributed by atoms with Crippen LogP contribution in [-0.4, -0.2) is 28.3 Å². The molecule has 7 heteroatoms. The van der Waals surface area contributed by atoms with E-state index in [2.05, 4.69) is 20.6 Å². The predicted molar refractivity (Wildman–Crippen MR) is 105 cm³/mol. The van der Waals surface area contributed by atoms with Crippen molar-refractivity contribution in [2.45, 2.75) is 25.7 Å². The number of hydrogen-bond acceptors (Lipinski definition) is 3. The number of benzene rings is 2. The number of carbonyl (C=O) groups is 2. The van der Waals surface area contributed by atoms with Crippen LogP contribution in [0.5, 0.6) is 0 Å². The molecule has 2 aromatic carbocycles. The number of rotatable bonds is 5. The van der Waals surface area contributed by atoms with Gasteiger partial charge in [0.1, 0.15) is 11.6 Å². The molecule has 0 atom stereocenters. The smallest absolute Gasteiger partial charge is 0.243 e. The number of amides is 2. The highest BCUT2D eigenvalue weighted by Crippen LogP contribution is 2.25. The van der Waals surface area contributed by atoms with E-state index in [4.69, 9.17) is 0 Å². The molecule has 0 unspecified atom stereocenters. The molecule has 0 spiro atoms. The maximum atomic E-state index is 13.1. The minimum Gasteiger partial charge on any atom is -0.347 e. The summed E-state index contributed by atoms with van der Waals surface area (Å²) in [6, 6.07) is 11.4. The van der Waals surface area contributed by atoms with Crippen molar-refractivity contribution in [3.8, 4) is 11.4 Å². The Morgan fingerprint density at radius 1 is 1.11 bits per heavy atom. The highest BCUT2D eigenvalue weighted by molar-refractivity contribution is 5.96. The zero-order valence-corrected chi connectivity index (χ0v) is 15.3. The second kappa shape index (κ2) is 7.80. The molecule has 1 aliphatic rings. The van der Waals surface area contributed by atoms with Crippen LogP contribution in [0.2, 0.25) is 0 Å². The Morgan fingerprint density at radius 3 is 2.61 bits per heavy atom. The van der Waals surface area contributed by atoms with Gasteiger partial charge >= 0.3 is 0 Å². The molecule has 2 amide bonds. The average molecular weight is 380 g/mol. The number of hydrogen-bond donors (Lipinski definition) is 3. The Labute approximate surface area is 161 Å². The number of aromatic nitrogens is 2. The van der Waals surface area contributed by atoms with Gasteiger partial charge in [-0.15, -0.1) is 0 Å². The summed E-state index contributed by atoms with van der Waals surface area (Å²) in [6.45, 7) is -0.0445. The normalized spacial score (nSPS) is 14.3. The molecule has 1 aromatic heterocycles. The summed E-state index contributed by atoms with van der Waals surface area (Å²) in [6.07, 6.45) is 3.96. The lowest BCUT2D eigenvalue weighted by Gasteiger charge is -2.10. The average Bonchev–Trinajstić information content (AvgIpc) is 3.36. The van der Waals surface area contributed by atoms with E-state index in [1.807, 2.05) is 0 Å². The van der Waals surface area contributed by atoms with Gasteiger partial charge in [0.25, 0.3) is 0 Å². The number of fused-ring (bicyclic) bond motifs is 1. The molecule has 0 radical (unpaired) electrons. The fourth-order valence-electron chi connectivity index (χ4n) is 3.54. The number of carbonyl (C=O) groups excluding carboxylic acids is 2. The van der Waals surface area contributed by atoms with Crippen molar-refractivity contribution in [3.05, 3.63) is 48.3 Å². The number of aromatic amines is 1. The van der Waals surface area contributed by atoms with Crippen molar-refractivity contribution in [1.29, 1.82) is 0 Å². The minimum absolute atomic E-state index is 0.0408. The van der Waals surface area contributed by atoms with E-state index < -0.39 is 0 Å². The molecule has 28 heavy (non-hydrogen) atoms. The third-order valence-corrected chi connectivity index (χ3v) is 5.03. The number of imidazole rings is 1. The summed E-state index contributed by atoms with van der Waals surface area (Å²) in [7, 11) is 0. The molecule has 1 fully saturated rings. The zero-order chi connectivity index (χ0) is 19.5. The first-order valence-corrected chi connectivity index (χ1v) is 9.42. The Morgan fingerprint density at radius 2 is 1.86 bits per heavy atom. The van der Waals surface area contributed by atoms with Gasteiger partial charge in [0, 0.05) is 17.2 Å². The number of halogens is 1. The third kappa shape index (κ3) is 4.03. The van der Waals surface area contributed by atoms with Crippen LogP contribution in [-0.2, 0) is 9.59 Å². The van der Waals surface area contributed by atoms with Crippen LogP contribution in [0.4, 0.5) is 10.1 Å². The highest BCUT2D eigenvalue weighted by atomic mass is 19.1. The van der Waals surface area contributed by atoms with Gasteiger partial charge in [-0.3, -0.25) is 9.59 Å². The first-order chi connectivity index (χ1) is 13.6. The predicted octanol–water partition coefficient (Wildman–Crippen LogP) is 3.61. The molecular weight excluding hydrogens is 359 g/mol. The van der Waals surface area contributed by atoms with Crippen LogP contribution in [0.15, 0.2) is 42.5 Å². The van der Waals surface area contributed by atoms with Gasteiger partial charge in [-0.05, 0) is 55.3 Å². The van der Waals surface area contributed by atoms with Crippen LogP contribution < -0.4 is 10.6 Å². The van der Waals surface area contributed by atoms with E-state index in [9.17, 15) is 14.0 Å². The summed E-state index contributed by atoms with van der Waals surface area (Å²) in [5.74, 6) is 0.0517. The van der Waals surface area contributed by atoms with E-state index in [1.54, 1.807) is 30.3 Å². The molecule has 0 saturated heterocycles. The first-order valence-electron chi connectivity index (χ1n) is 9.42. The maximum absolute atomic E-state index is 13.1. The van der Waals surface area contributed by atoms with Crippen LogP contribution in [0.3, 0.4) is 0 Å². The fraction of sp³-hybridized carbons (Fsp3) is 0.286. The van der Waals surface area contributed by atoms with E-state index in [0.717, 1.165) is 42.3 Å². The van der Waals surface area contributed by atoms with Gasteiger partial charge in [0.05, 0.1) is 17.6 Å². The summed E-state index contributed by atoms with van der Waals surface area (Å²) in [5.41, 5.74) is 2.89. The number of anilines is 1. The maximum Gasteiger partial charge on any atom is 0.243 e. The summed E-state index contributed by atoms with van der Waals surface area (Å²) >= 11 is 0. The van der Waals surface area contributed by atoms with Crippen LogP contribution in [0, 0.1) is 11.7 Å². The molecule has 3 aromatic rings. The topological polar surface area (TPSA) is 86.9 Å². The molecule has 3 N–H and O–H groups in total. The number of H-pyrrole nitrogens is 1. The van der Waals surface area contributed by atoms with Crippen molar-refractivity contribution in [1.82, 2.24) is 15.3 Å². The monoisotopic (exact) mass is 380 g/mol. The Kier molecular flexibility index (Phi) is 5.06. The molecule has 0 bridgehead atoms. The number of nitrogens with one attached hydrogen (secondary N) is 3. The molecule has 1 saturated carbocycles. The second-order valence-electron chi connectivity index (χ2n) is 7.07.